The third-order valence-corrected chi connectivity index (χ3v) is 6.55. The Labute approximate surface area is 232 Å². The van der Waals surface area contributed by atoms with E-state index in [1.54, 1.807) is 12.1 Å². The molecule has 1 aliphatic rings. The molecule has 0 saturated carbocycles. The van der Waals surface area contributed by atoms with Gasteiger partial charge in [-0.15, -0.1) is 0 Å². The van der Waals surface area contributed by atoms with Crippen molar-refractivity contribution in [2.45, 2.75) is 32.6 Å². The number of halogens is 1. The van der Waals surface area contributed by atoms with Crippen molar-refractivity contribution in [3.05, 3.63) is 109 Å². The molecule has 0 spiro atoms. The Balaban J connectivity index is 1.63. The van der Waals surface area contributed by atoms with Gasteiger partial charge in [0.15, 0.2) is 0 Å². The quantitative estimate of drug-likeness (QED) is 0.167. The summed E-state index contributed by atoms with van der Waals surface area (Å²) in [6, 6.07) is 15.2. The summed E-state index contributed by atoms with van der Waals surface area (Å²) < 4.78 is 31.4. The van der Waals surface area contributed by atoms with Crippen LogP contribution in [0, 0.1) is 5.82 Å². The highest BCUT2D eigenvalue weighted by Gasteiger charge is 2.24. The molecule has 0 bridgehead atoms. The van der Waals surface area contributed by atoms with E-state index in [1.807, 2.05) is 18.2 Å². The fraction of sp³-hybridized carbons (Fsp3) is 0.182. The first-order valence-corrected chi connectivity index (χ1v) is 12.7. The smallest absolute Gasteiger partial charge is 0.338 e. The van der Waals surface area contributed by atoms with Crippen molar-refractivity contribution in [3.8, 4) is 33.8 Å². The molecule has 1 atom stereocenters. The minimum Gasteiger partial charge on any atom is -0.462 e. The normalized spacial score (nSPS) is 13.6. The van der Waals surface area contributed by atoms with Crippen LogP contribution in [0.5, 0.6) is 11.5 Å². The fourth-order valence-electron chi connectivity index (χ4n) is 4.46. The third-order valence-electron chi connectivity index (χ3n) is 6.55. The van der Waals surface area contributed by atoms with Gasteiger partial charge in [-0.05, 0) is 72.7 Å². The molecule has 3 aromatic carbocycles. The van der Waals surface area contributed by atoms with Gasteiger partial charge in [-0.3, -0.25) is 0 Å². The number of hydrogen-bond acceptors (Lipinski definition) is 6. The highest BCUT2D eigenvalue weighted by molar-refractivity contribution is 5.90. The first kappa shape index (κ1) is 28.2. The molecule has 0 heterocycles. The number of fused-ring (bicyclic) bond motifs is 1. The van der Waals surface area contributed by atoms with Crippen molar-refractivity contribution < 1.29 is 33.0 Å². The van der Waals surface area contributed by atoms with Crippen molar-refractivity contribution in [2.75, 3.05) is 6.61 Å². The van der Waals surface area contributed by atoms with Crippen LogP contribution in [-0.2, 0) is 25.5 Å². The predicted octanol–water partition coefficient (Wildman–Crippen LogP) is 6.88. The van der Waals surface area contributed by atoms with Gasteiger partial charge in [0.05, 0.1) is 6.61 Å². The maximum Gasteiger partial charge on any atom is 0.338 e. The molecule has 204 valence electrons. The van der Waals surface area contributed by atoms with Gasteiger partial charge >= 0.3 is 17.9 Å². The molecule has 3 aromatic rings. The van der Waals surface area contributed by atoms with Crippen LogP contribution in [0.25, 0.3) is 22.3 Å². The maximum atomic E-state index is 15.5. The van der Waals surface area contributed by atoms with Crippen molar-refractivity contribution in [2.24, 2.45) is 0 Å². The molecule has 6 nitrogen and oxygen atoms in total. The van der Waals surface area contributed by atoms with Crippen molar-refractivity contribution in [3.63, 3.8) is 0 Å². The average molecular weight is 541 g/mol. The zero-order chi connectivity index (χ0) is 29.0. The van der Waals surface area contributed by atoms with Crippen LogP contribution in [0.4, 0.5) is 4.39 Å². The number of esters is 3. The van der Waals surface area contributed by atoms with Crippen LogP contribution in [0.2, 0.25) is 0 Å². The predicted molar refractivity (Wildman–Crippen MR) is 150 cm³/mol. The minimum absolute atomic E-state index is 0.0745. The zero-order valence-electron chi connectivity index (χ0n) is 22.4. The Morgan fingerprint density at radius 1 is 0.875 bits per heavy atom. The Morgan fingerprint density at radius 3 is 2.05 bits per heavy atom. The highest BCUT2D eigenvalue weighted by atomic mass is 19.1. The topological polar surface area (TPSA) is 78.9 Å². The van der Waals surface area contributed by atoms with Gasteiger partial charge in [-0.2, -0.15) is 0 Å². The standard InChI is InChI=1S/C33H29FO6/c1-6-31(35)38-18-24-8-7-23-13-21(9-11-28(23)24)22-10-12-29(30(34)16-22)25-14-26(39-32(36)19(2)3)17-27(15-25)40-33(37)20(4)5/h6,9-17,24H,1-2,4,7-8,18H2,3,5H3. The largest absolute Gasteiger partial charge is 0.462 e. The average Bonchev–Trinajstić information content (AvgIpc) is 3.33. The first-order chi connectivity index (χ1) is 19.0. The monoisotopic (exact) mass is 540 g/mol. The highest BCUT2D eigenvalue weighted by Crippen LogP contribution is 2.38. The Kier molecular flexibility index (Phi) is 8.43. The molecule has 0 fully saturated rings. The van der Waals surface area contributed by atoms with Gasteiger partial charge in [0.25, 0.3) is 0 Å². The maximum absolute atomic E-state index is 15.5. The Morgan fingerprint density at radius 2 is 1.48 bits per heavy atom. The summed E-state index contributed by atoms with van der Waals surface area (Å²) in [5.41, 5.74) is 4.74. The number of rotatable bonds is 9. The van der Waals surface area contributed by atoms with Crippen LogP contribution >= 0.6 is 0 Å². The summed E-state index contributed by atoms with van der Waals surface area (Å²) in [5.74, 6) is -2.01. The van der Waals surface area contributed by atoms with E-state index in [-0.39, 0.29) is 34.1 Å². The van der Waals surface area contributed by atoms with E-state index in [9.17, 15) is 14.4 Å². The number of aryl methyl sites for hydroxylation is 1. The van der Waals surface area contributed by atoms with Gasteiger partial charge < -0.3 is 14.2 Å². The molecule has 40 heavy (non-hydrogen) atoms. The van der Waals surface area contributed by atoms with E-state index in [0.717, 1.165) is 35.6 Å². The minimum atomic E-state index is -0.664. The number of ether oxygens (including phenoxy) is 3. The number of carbonyl (C=O) groups excluding carboxylic acids is 3. The van der Waals surface area contributed by atoms with E-state index in [1.165, 1.54) is 38.1 Å². The Hall–Kier alpha value is -4.78. The lowest BCUT2D eigenvalue weighted by Crippen LogP contribution is -2.10. The van der Waals surface area contributed by atoms with Gasteiger partial charge in [0, 0.05) is 34.8 Å². The lowest BCUT2D eigenvalue weighted by Gasteiger charge is -2.13. The van der Waals surface area contributed by atoms with Crippen molar-refractivity contribution in [1.29, 1.82) is 0 Å². The van der Waals surface area contributed by atoms with E-state index < -0.39 is 23.7 Å². The van der Waals surface area contributed by atoms with E-state index in [0.29, 0.717) is 17.7 Å². The zero-order valence-corrected chi connectivity index (χ0v) is 22.4. The van der Waals surface area contributed by atoms with Gasteiger partial charge in [-0.1, -0.05) is 50.1 Å². The molecule has 1 aliphatic carbocycles. The second-order valence-electron chi connectivity index (χ2n) is 9.71. The summed E-state index contributed by atoms with van der Waals surface area (Å²) in [6.45, 7) is 13.9. The van der Waals surface area contributed by atoms with E-state index >= 15 is 4.39 Å². The SMILES string of the molecule is C=CC(=O)OCC1CCc2cc(-c3ccc(-c4cc(OC(=O)C(=C)C)cc(OC(=O)C(=C)C)c4)c(F)c3)ccc21. The molecule has 0 N–H and O–H groups in total. The molecule has 0 saturated heterocycles. The van der Waals surface area contributed by atoms with Gasteiger partial charge in [0.2, 0.25) is 0 Å². The summed E-state index contributed by atoms with van der Waals surface area (Å²) in [4.78, 5) is 35.7. The fourth-order valence-corrected chi connectivity index (χ4v) is 4.46. The summed E-state index contributed by atoms with van der Waals surface area (Å²) in [5, 5.41) is 0. The molecule has 0 aliphatic heterocycles. The molecule has 0 radical (unpaired) electrons. The number of benzene rings is 3. The summed E-state index contributed by atoms with van der Waals surface area (Å²) in [7, 11) is 0. The number of hydrogen-bond donors (Lipinski definition) is 0. The molecule has 0 aromatic heterocycles. The first-order valence-electron chi connectivity index (χ1n) is 12.7. The third kappa shape index (κ3) is 6.43. The lowest BCUT2D eigenvalue weighted by atomic mass is 9.95. The van der Waals surface area contributed by atoms with E-state index in [4.69, 9.17) is 14.2 Å². The van der Waals surface area contributed by atoms with Gasteiger partial charge in [-0.25, -0.2) is 18.8 Å². The molecule has 1 unspecified atom stereocenters. The van der Waals surface area contributed by atoms with Crippen LogP contribution in [-0.4, -0.2) is 24.5 Å². The molecule has 4 rings (SSSR count). The van der Waals surface area contributed by atoms with Crippen LogP contribution < -0.4 is 9.47 Å². The summed E-state index contributed by atoms with van der Waals surface area (Å²) in [6.07, 6.45) is 2.85. The molecular weight excluding hydrogens is 511 g/mol. The Bertz CT molecular complexity index is 1500. The van der Waals surface area contributed by atoms with Gasteiger partial charge in [0.1, 0.15) is 17.3 Å². The lowest BCUT2D eigenvalue weighted by molar-refractivity contribution is -0.138. The van der Waals surface area contributed by atoms with Crippen LogP contribution in [0.1, 0.15) is 37.3 Å². The second-order valence-corrected chi connectivity index (χ2v) is 9.71. The van der Waals surface area contributed by atoms with Crippen LogP contribution in [0.15, 0.2) is 91.6 Å². The van der Waals surface area contributed by atoms with E-state index in [2.05, 4.69) is 19.7 Å². The van der Waals surface area contributed by atoms with Crippen LogP contribution in [0.3, 0.4) is 0 Å². The molecular formula is C33H29FO6. The second kappa shape index (κ2) is 11.9. The molecule has 7 heteroatoms. The molecule has 0 amide bonds. The van der Waals surface area contributed by atoms with Crippen molar-refractivity contribution >= 4 is 17.9 Å². The summed E-state index contributed by atoms with van der Waals surface area (Å²) >= 11 is 0. The number of carbonyl (C=O) groups is 3. The van der Waals surface area contributed by atoms with Crippen molar-refractivity contribution in [1.82, 2.24) is 0 Å².